The Hall–Kier alpha value is -0.622. The first-order valence-electron chi connectivity index (χ1n) is 3.01. The molecule has 0 saturated carbocycles. The van der Waals surface area contributed by atoms with Gasteiger partial charge in [-0.3, -0.25) is 0 Å². The fourth-order valence-electron chi connectivity index (χ4n) is 0.769. The van der Waals surface area contributed by atoms with Gasteiger partial charge in [-0.25, -0.2) is 0 Å². The van der Waals surface area contributed by atoms with Crippen LogP contribution in [0.1, 0.15) is 5.56 Å². The standard InChI is InChI=1S/C7H10AsNO/c8-4-5-3-6(9)1-2-7(5)10/h1-3,10H,4,8-9H2. The van der Waals surface area contributed by atoms with Gasteiger partial charge in [0.05, 0.1) is 0 Å². The molecule has 0 spiro atoms. The number of nitrogen functional groups attached to an aromatic ring is 1. The summed E-state index contributed by atoms with van der Waals surface area (Å²) in [5, 5.41) is 10.1. The minimum absolute atomic E-state index is 0.346. The van der Waals surface area contributed by atoms with E-state index in [4.69, 9.17) is 5.73 Å². The molecule has 0 saturated heterocycles. The summed E-state index contributed by atoms with van der Waals surface area (Å²) in [6.07, 6.45) is 0. The van der Waals surface area contributed by atoms with Crippen molar-refractivity contribution in [2.24, 2.45) is 0 Å². The first-order valence-corrected chi connectivity index (χ1v) is 4.73. The fraction of sp³-hybridized carbons (Fsp3) is 0.143. The summed E-state index contributed by atoms with van der Waals surface area (Å²) in [4.78, 5) is 0. The SMILES string of the molecule is Nc1ccc(O)c(C[AsH2])c1. The monoisotopic (exact) mass is 199 g/mol. The van der Waals surface area contributed by atoms with Gasteiger partial charge in [-0.15, -0.1) is 0 Å². The van der Waals surface area contributed by atoms with Crippen LogP contribution in [-0.4, -0.2) is 22.0 Å². The Labute approximate surface area is 68.6 Å². The van der Waals surface area contributed by atoms with Crippen molar-refractivity contribution < 1.29 is 5.11 Å². The van der Waals surface area contributed by atoms with Crippen LogP contribution in [0.25, 0.3) is 0 Å². The zero-order chi connectivity index (χ0) is 7.56. The molecule has 10 heavy (non-hydrogen) atoms. The van der Waals surface area contributed by atoms with E-state index in [1.165, 1.54) is 0 Å². The van der Waals surface area contributed by atoms with Crippen molar-refractivity contribution >= 4 is 22.5 Å². The summed E-state index contributed by atoms with van der Waals surface area (Å²) >= 11 is 1.57. The number of phenolic OH excluding ortho intramolecular Hbond substituents is 1. The number of phenols is 1. The summed E-state index contributed by atoms with van der Waals surface area (Å²) in [5.74, 6) is 0.346. The van der Waals surface area contributed by atoms with Gasteiger partial charge in [0.25, 0.3) is 0 Å². The van der Waals surface area contributed by atoms with Gasteiger partial charge in [0, 0.05) is 0 Å². The minimum atomic E-state index is 0.346. The van der Waals surface area contributed by atoms with Crippen molar-refractivity contribution in [3.05, 3.63) is 23.8 Å². The molecular formula is C7H10AsNO. The third-order valence-electron chi connectivity index (χ3n) is 1.32. The van der Waals surface area contributed by atoms with Gasteiger partial charge in [0.15, 0.2) is 0 Å². The molecule has 0 heterocycles. The van der Waals surface area contributed by atoms with Gasteiger partial charge in [-0.1, -0.05) is 0 Å². The molecule has 0 amide bonds. The molecule has 0 aromatic heterocycles. The third kappa shape index (κ3) is 1.45. The van der Waals surface area contributed by atoms with Crippen LogP contribution in [0.15, 0.2) is 18.2 Å². The van der Waals surface area contributed by atoms with Gasteiger partial charge < -0.3 is 0 Å². The van der Waals surface area contributed by atoms with E-state index in [-0.39, 0.29) is 0 Å². The van der Waals surface area contributed by atoms with Crippen LogP contribution in [0.5, 0.6) is 5.75 Å². The Morgan fingerprint density at radius 1 is 1.50 bits per heavy atom. The number of rotatable bonds is 1. The number of anilines is 1. The molecule has 2 nitrogen and oxygen atoms in total. The second kappa shape index (κ2) is 2.98. The predicted octanol–water partition coefficient (Wildman–Crippen LogP) is 0.108. The maximum absolute atomic E-state index is 9.19. The van der Waals surface area contributed by atoms with Crippen LogP contribution < -0.4 is 5.73 Å². The Balaban J connectivity index is 3.09. The van der Waals surface area contributed by atoms with Crippen molar-refractivity contribution in [3.63, 3.8) is 0 Å². The topological polar surface area (TPSA) is 46.2 Å². The molecule has 54 valence electrons. The summed E-state index contributed by atoms with van der Waals surface area (Å²) in [5.41, 5.74) is 7.14. The van der Waals surface area contributed by atoms with Gasteiger partial charge in [0.1, 0.15) is 0 Å². The number of aromatic hydroxyl groups is 1. The van der Waals surface area contributed by atoms with Crippen molar-refractivity contribution in [2.45, 2.75) is 5.21 Å². The van der Waals surface area contributed by atoms with Crippen molar-refractivity contribution in [2.75, 3.05) is 5.73 Å². The first-order chi connectivity index (χ1) is 4.74. The first kappa shape index (κ1) is 7.49. The van der Waals surface area contributed by atoms with Crippen LogP contribution >= 0.6 is 0 Å². The van der Waals surface area contributed by atoms with Crippen molar-refractivity contribution in [3.8, 4) is 5.75 Å². The third-order valence-corrected chi connectivity index (χ3v) is 2.25. The van der Waals surface area contributed by atoms with Crippen LogP contribution in [-0.2, 0) is 5.21 Å². The van der Waals surface area contributed by atoms with E-state index in [2.05, 4.69) is 0 Å². The second-order valence-corrected chi connectivity index (χ2v) is 2.95. The maximum atomic E-state index is 9.19. The quantitative estimate of drug-likeness (QED) is 0.383. The summed E-state index contributed by atoms with van der Waals surface area (Å²) in [7, 11) is 0. The molecular weight excluding hydrogens is 189 g/mol. The molecule has 3 N–H and O–H groups in total. The molecule has 1 unspecified atom stereocenters. The van der Waals surface area contributed by atoms with Crippen LogP contribution in [0.4, 0.5) is 5.69 Å². The molecule has 0 aliphatic carbocycles. The van der Waals surface area contributed by atoms with E-state index < -0.39 is 0 Å². The van der Waals surface area contributed by atoms with Crippen molar-refractivity contribution in [1.29, 1.82) is 0 Å². The Morgan fingerprint density at radius 3 is 2.70 bits per heavy atom. The Morgan fingerprint density at radius 2 is 2.20 bits per heavy atom. The van der Waals surface area contributed by atoms with E-state index in [1.807, 2.05) is 0 Å². The summed E-state index contributed by atoms with van der Waals surface area (Å²) in [6, 6.07) is 5.13. The van der Waals surface area contributed by atoms with Gasteiger partial charge in [0.2, 0.25) is 0 Å². The van der Waals surface area contributed by atoms with Gasteiger partial charge in [-0.2, -0.15) is 0 Å². The average Bonchev–Trinajstić information content (AvgIpc) is 1.94. The normalized spacial score (nSPS) is 9.70. The molecule has 1 aromatic carbocycles. The van der Waals surface area contributed by atoms with E-state index >= 15 is 0 Å². The Kier molecular flexibility index (Phi) is 2.23. The van der Waals surface area contributed by atoms with Gasteiger partial charge in [-0.05, 0) is 0 Å². The predicted molar refractivity (Wildman–Crippen MR) is 44.8 cm³/mol. The molecule has 0 bridgehead atoms. The molecule has 0 aliphatic rings. The molecule has 1 rings (SSSR count). The number of hydrogen-bond donors (Lipinski definition) is 2. The summed E-state index contributed by atoms with van der Waals surface area (Å²) in [6.45, 7) is 0. The zero-order valence-electron chi connectivity index (χ0n) is 5.54. The van der Waals surface area contributed by atoms with E-state index in [1.54, 1.807) is 35.1 Å². The molecule has 3 heteroatoms. The van der Waals surface area contributed by atoms with Crippen molar-refractivity contribution in [1.82, 2.24) is 0 Å². The van der Waals surface area contributed by atoms with E-state index in [0.717, 1.165) is 10.8 Å². The number of hydrogen-bond acceptors (Lipinski definition) is 2. The van der Waals surface area contributed by atoms with Crippen LogP contribution in [0, 0.1) is 0 Å². The molecule has 1 atom stereocenters. The van der Waals surface area contributed by atoms with E-state index in [0.29, 0.717) is 11.4 Å². The van der Waals surface area contributed by atoms with E-state index in [9.17, 15) is 5.11 Å². The van der Waals surface area contributed by atoms with Gasteiger partial charge >= 0.3 is 68.1 Å². The van der Waals surface area contributed by atoms with Crippen LogP contribution in [0.2, 0.25) is 0 Å². The number of nitrogens with two attached hydrogens (primary N) is 1. The number of benzene rings is 1. The Bertz CT molecular complexity index is 237. The molecule has 0 aliphatic heterocycles. The molecule has 1 aromatic rings. The average molecular weight is 199 g/mol. The second-order valence-electron chi connectivity index (χ2n) is 2.09. The van der Waals surface area contributed by atoms with Crippen LogP contribution in [0.3, 0.4) is 0 Å². The summed E-state index contributed by atoms with van der Waals surface area (Å²) < 4.78 is 0. The zero-order valence-corrected chi connectivity index (χ0v) is 7.96. The molecule has 0 fully saturated rings. The fourth-order valence-corrected chi connectivity index (χ4v) is 1.45. The molecule has 0 radical (unpaired) electrons.